The van der Waals surface area contributed by atoms with Crippen LogP contribution in [0.1, 0.15) is 49.1 Å². The van der Waals surface area contributed by atoms with E-state index < -0.39 is 0 Å². The van der Waals surface area contributed by atoms with E-state index in [2.05, 4.69) is 24.8 Å². The van der Waals surface area contributed by atoms with Crippen LogP contribution in [0, 0.1) is 23.3 Å². The molecule has 1 nitrogen and oxygen atoms in total. The van der Waals surface area contributed by atoms with Crippen molar-refractivity contribution in [2.75, 3.05) is 0 Å². The van der Waals surface area contributed by atoms with Crippen LogP contribution in [-0.4, -0.2) is 0 Å². The van der Waals surface area contributed by atoms with E-state index in [0.29, 0.717) is 5.92 Å². The summed E-state index contributed by atoms with van der Waals surface area (Å²) in [7, 11) is 0. The molecule has 1 saturated carbocycles. The van der Waals surface area contributed by atoms with E-state index in [4.69, 9.17) is 5.26 Å². The maximum atomic E-state index is 9.10. The molecule has 1 heteroatoms. The molecule has 1 aliphatic carbocycles. The lowest BCUT2D eigenvalue weighted by Gasteiger charge is -2.28. The summed E-state index contributed by atoms with van der Waals surface area (Å²) >= 11 is 0. The van der Waals surface area contributed by atoms with Crippen molar-refractivity contribution in [3.63, 3.8) is 0 Å². The lowest BCUT2D eigenvalue weighted by atomic mass is 9.76. The first-order valence-corrected chi connectivity index (χ1v) is 6.36. The molecule has 17 heavy (non-hydrogen) atoms. The van der Waals surface area contributed by atoms with Crippen LogP contribution in [0.3, 0.4) is 0 Å². The minimum absolute atomic E-state index is 0.570. The molecule has 0 saturated heterocycles. The minimum Gasteiger partial charge on any atom is -0.192 e. The quantitative estimate of drug-likeness (QED) is 0.705. The zero-order valence-electron chi connectivity index (χ0n) is 10.2. The standard InChI is InChI=1S/C16H18N/c1-2-5-13-8-10-14(11-9-13)16-7-4-3-6-15(16)12-17/h2,4,6-7,13-14H,1,5,8-11H2. The molecule has 0 heterocycles. The normalized spacial score (nSPS) is 23.9. The number of hydrogen-bond acceptors (Lipinski definition) is 1. The van der Waals surface area contributed by atoms with Gasteiger partial charge in [-0.3, -0.25) is 0 Å². The average Bonchev–Trinajstić information content (AvgIpc) is 2.40. The van der Waals surface area contributed by atoms with E-state index in [9.17, 15) is 0 Å². The third kappa shape index (κ3) is 2.77. The van der Waals surface area contributed by atoms with Crippen molar-refractivity contribution in [1.29, 1.82) is 5.26 Å². The second-order valence-corrected chi connectivity index (χ2v) is 4.87. The highest BCUT2D eigenvalue weighted by atomic mass is 14.3. The predicted octanol–water partition coefficient (Wildman–Crippen LogP) is 4.21. The van der Waals surface area contributed by atoms with Gasteiger partial charge in [0.05, 0.1) is 11.6 Å². The summed E-state index contributed by atoms with van der Waals surface area (Å²) in [5.41, 5.74) is 2.03. The van der Waals surface area contributed by atoms with Crippen LogP contribution in [0.5, 0.6) is 0 Å². The van der Waals surface area contributed by atoms with Crippen LogP contribution >= 0.6 is 0 Å². The van der Waals surface area contributed by atoms with Crippen LogP contribution < -0.4 is 0 Å². The van der Waals surface area contributed by atoms with E-state index in [1.54, 1.807) is 0 Å². The fraction of sp³-hybridized carbons (Fsp3) is 0.438. The van der Waals surface area contributed by atoms with Gasteiger partial charge in [0, 0.05) is 0 Å². The molecule has 0 N–H and O–H groups in total. The highest BCUT2D eigenvalue weighted by Crippen LogP contribution is 2.38. The van der Waals surface area contributed by atoms with Crippen molar-refractivity contribution in [2.45, 2.75) is 38.0 Å². The molecule has 1 aromatic carbocycles. The Hall–Kier alpha value is -1.55. The molecule has 0 aliphatic heterocycles. The van der Waals surface area contributed by atoms with Crippen LogP contribution in [0.4, 0.5) is 0 Å². The first-order valence-electron chi connectivity index (χ1n) is 6.36. The summed E-state index contributed by atoms with van der Waals surface area (Å²) in [6.45, 7) is 3.81. The summed E-state index contributed by atoms with van der Waals surface area (Å²) in [6.07, 6.45) is 8.11. The smallest absolute Gasteiger partial charge is 0.0994 e. The SMILES string of the molecule is C=CCC1CCC(c2cc[c]cc2C#N)CC1. The van der Waals surface area contributed by atoms with Gasteiger partial charge < -0.3 is 0 Å². The number of allylic oxidation sites excluding steroid dienone is 1. The molecular weight excluding hydrogens is 206 g/mol. The zero-order chi connectivity index (χ0) is 12.1. The monoisotopic (exact) mass is 224 g/mol. The Kier molecular flexibility index (Phi) is 3.98. The molecule has 1 radical (unpaired) electrons. The molecule has 2 rings (SSSR count). The van der Waals surface area contributed by atoms with Crippen LogP contribution in [0.15, 0.2) is 30.9 Å². The van der Waals surface area contributed by atoms with Gasteiger partial charge in [-0.05, 0) is 61.6 Å². The molecular formula is C16H18N. The Balaban J connectivity index is 2.05. The number of rotatable bonds is 3. The highest BCUT2D eigenvalue weighted by molar-refractivity contribution is 5.39. The summed E-state index contributed by atoms with van der Waals surface area (Å²) in [5.74, 6) is 1.38. The van der Waals surface area contributed by atoms with E-state index in [1.807, 2.05) is 18.2 Å². The Morgan fingerprint density at radius 1 is 1.41 bits per heavy atom. The van der Waals surface area contributed by atoms with Crippen LogP contribution in [0.2, 0.25) is 0 Å². The first-order chi connectivity index (χ1) is 8.35. The van der Waals surface area contributed by atoms with Gasteiger partial charge in [-0.15, -0.1) is 6.58 Å². The lowest BCUT2D eigenvalue weighted by molar-refractivity contribution is 0.328. The lowest BCUT2D eigenvalue weighted by Crippen LogP contribution is -2.13. The molecule has 1 aliphatic rings. The zero-order valence-corrected chi connectivity index (χ0v) is 10.2. The molecule has 0 unspecified atom stereocenters. The second kappa shape index (κ2) is 5.68. The summed E-state index contributed by atoms with van der Waals surface area (Å²) in [5, 5.41) is 9.10. The van der Waals surface area contributed by atoms with Crippen molar-refractivity contribution >= 4 is 0 Å². The molecule has 0 bridgehead atoms. The number of nitrogens with zero attached hydrogens (tertiary/aromatic N) is 1. The predicted molar refractivity (Wildman–Crippen MR) is 69.5 cm³/mol. The van der Waals surface area contributed by atoms with Crippen molar-refractivity contribution in [1.82, 2.24) is 0 Å². The van der Waals surface area contributed by atoms with E-state index in [0.717, 1.165) is 17.9 Å². The maximum absolute atomic E-state index is 9.10. The molecule has 1 aromatic rings. The number of hydrogen-bond donors (Lipinski definition) is 0. The van der Waals surface area contributed by atoms with Crippen LogP contribution in [-0.2, 0) is 0 Å². The van der Waals surface area contributed by atoms with Gasteiger partial charge in [0.25, 0.3) is 0 Å². The fourth-order valence-corrected chi connectivity index (χ4v) is 2.84. The van der Waals surface area contributed by atoms with E-state index >= 15 is 0 Å². The molecule has 0 amide bonds. The van der Waals surface area contributed by atoms with Gasteiger partial charge in [-0.25, -0.2) is 0 Å². The summed E-state index contributed by atoms with van der Waals surface area (Å²) in [4.78, 5) is 0. The third-order valence-corrected chi connectivity index (χ3v) is 3.80. The van der Waals surface area contributed by atoms with Gasteiger partial charge in [0.15, 0.2) is 0 Å². The molecule has 87 valence electrons. The molecule has 0 spiro atoms. The summed E-state index contributed by atoms with van der Waals surface area (Å²) < 4.78 is 0. The van der Waals surface area contributed by atoms with Crippen molar-refractivity contribution in [3.8, 4) is 6.07 Å². The minimum atomic E-state index is 0.570. The van der Waals surface area contributed by atoms with Gasteiger partial charge in [0.2, 0.25) is 0 Å². The van der Waals surface area contributed by atoms with Crippen molar-refractivity contribution in [3.05, 3.63) is 48.0 Å². The fourth-order valence-electron chi connectivity index (χ4n) is 2.84. The molecule has 1 fully saturated rings. The van der Waals surface area contributed by atoms with E-state index in [1.165, 1.54) is 31.2 Å². The Bertz CT molecular complexity index is 419. The summed E-state index contributed by atoms with van der Waals surface area (Å²) in [6, 6.07) is 11.1. The van der Waals surface area contributed by atoms with E-state index in [-0.39, 0.29) is 0 Å². The van der Waals surface area contributed by atoms with Gasteiger partial charge in [0.1, 0.15) is 0 Å². The van der Waals surface area contributed by atoms with Gasteiger partial charge in [-0.1, -0.05) is 18.2 Å². The third-order valence-electron chi connectivity index (χ3n) is 3.80. The van der Waals surface area contributed by atoms with Gasteiger partial charge in [-0.2, -0.15) is 5.26 Å². The number of benzene rings is 1. The Morgan fingerprint density at radius 3 is 2.82 bits per heavy atom. The topological polar surface area (TPSA) is 23.8 Å². The average molecular weight is 224 g/mol. The molecule has 0 atom stereocenters. The van der Waals surface area contributed by atoms with Crippen LogP contribution in [0.25, 0.3) is 0 Å². The number of nitriles is 1. The largest absolute Gasteiger partial charge is 0.192 e. The Labute approximate surface area is 104 Å². The Morgan fingerprint density at radius 2 is 2.18 bits per heavy atom. The van der Waals surface area contributed by atoms with Crippen molar-refractivity contribution in [2.24, 2.45) is 5.92 Å². The highest BCUT2D eigenvalue weighted by Gasteiger charge is 2.23. The van der Waals surface area contributed by atoms with Gasteiger partial charge >= 0.3 is 0 Å². The maximum Gasteiger partial charge on any atom is 0.0994 e. The molecule has 0 aromatic heterocycles. The second-order valence-electron chi connectivity index (χ2n) is 4.87. The van der Waals surface area contributed by atoms with Crippen molar-refractivity contribution < 1.29 is 0 Å². The first kappa shape index (κ1) is 11.9.